The molecule has 0 bridgehead atoms. The molecule has 4 rings (SSSR count). The highest BCUT2D eigenvalue weighted by Gasteiger charge is 2.20. The third-order valence-electron chi connectivity index (χ3n) is 5.01. The van der Waals surface area contributed by atoms with E-state index in [1.165, 1.54) is 0 Å². The minimum atomic E-state index is -0.379. The van der Waals surface area contributed by atoms with E-state index in [-0.39, 0.29) is 11.7 Å². The molecule has 0 aliphatic heterocycles. The molecule has 32 heavy (non-hydrogen) atoms. The van der Waals surface area contributed by atoms with E-state index < -0.39 is 0 Å². The van der Waals surface area contributed by atoms with Crippen molar-refractivity contribution < 1.29 is 9.53 Å². The lowest BCUT2D eigenvalue weighted by Gasteiger charge is -2.09. The van der Waals surface area contributed by atoms with E-state index in [0.29, 0.717) is 17.5 Å². The monoisotopic (exact) mass is 446 g/mol. The van der Waals surface area contributed by atoms with Gasteiger partial charge in [-0.2, -0.15) is 0 Å². The number of hydrogen-bond donors (Lipinski definition) is 1. The van der Waals surface area contributed by atoms with Crippen molar-refractivity contribution in [2.45, 2.75) is 20.8 Å². The largest absolute Gasteiger partial charge is 0.494 e. The number of rotatable bonds is 6. The second kappa shape index (κ2) is 9.24. The van der Waals surface area contributed by atoms with Crippen LogP contribution in [0.1, 0.15) is 28.7 Å². The molecule has 3 aromatic carbocycles. The summed E-state index contributed by atoms with van der Waals surface area (Å²) in [5.74, 6) is 0.962. The van der Waals surface area contributed by atoms with Gasteiger partial charge in [-0.1, -0.05) is 41.9 Å². The number of aromatic nitrogens is 3. The Bertz CT molecular complexity index is 1250. The molecule has 0 atom stereocenters. The smallest absolute Gasteiger partial charge is 0.295 e. The standard InChI is InChI=1S/C25H23ClN4O2/c1-4-32-21-13-11-20(12-14-21)30-24(18-9-6-10-19(26)15-18)28-23(29-30)25(31)27-22-16(2)7-5-8-17(22)3/h5-15H,4H2,1-3H3,(H,27,31). The highest BCUT2D eigenvalue weighted by Crippen LogP contribution is 2.26. The fraction of sp³-hybridized carbons (Fsp3) is 0.160. The molecule has 1 heterocycles. The molecule has 0 unspecified atom stereocenters. The highest BCUT2D eigenvalue weighted by molar-refractivity contribution is 6.30. The summed E-state index contributed by atoms with van der Waals surface area (Å²) < 4.78 is 7.17. The number of anilines is 1. The Kier molecular flexibility index (Phi) is 6.23. The average Bonchev–Trinajstić information content (AvgIpc) is 3.23. The lowest BCUT2D eigenvalue weighted by atomic mass is 10.1. The van der Waals surface area contributed by atoms with Gasteiger partial charge in [-0.25, -0.2) is 9.67 Å². The molecular weight excluding hydrogens is 424 g/mol. The first-order chi connectivity index (χ1) is 15.5. The zero-order valence-electron chi connectivity index (χ0n) is 18.1. The first-order valence-electron chi connectivity index (χ1n) is 10.3. The third kappa shape index (κ3) is 4.50. The van der Waals surface area contributed by atoms with Crippen molar-refractivity contribution in [3.63, 3.8) is 0 Å². The van der Waals surface area contributed by atoms with Gasteiger partial charge in [-0.15, -0.1) is 5.10 Å². The van der Waals surface area contributed by atoms with Crippen LogP contribution < -0.4 is 10.1 Å². The Balaban J connectivity index is 1.76. The maximum absolute atomic E-state index is 13.1. The second-order valence-electron chi connectivity index (χ2n) is 7.33. The van der Waals surface area contributed by atoms with Gasteiger partial charge in [0.25, 0.3) is 5.91 Å². The number of carbonyl (C=O) groups excluding carboxylic acids is 1. The molecule has 0 saturated heterocycles. The van der Waals surface area contributed by atoms with Gasteiger partial charge in [0.15, 0.2) is 5.82 Å². The number of halogens is 1. The lowest BCUT2D eigenvalue weighted by Crippen LogP contribution is -2.16. The molecule has 0 fully saturated rings. The van der Waals surface area contributed by atoms with Crippen LogP contribution in [0.3, 0.4) is 0 Å². The molecule has 6 nitrogen and oxygen atoms in total. The van der Waals surface area contributed by atoms with Gasteiger partial charge in [-0.05, 0) is 68.3 Å². The quantitative estimate of drug-likeness (QED) is 0.403. The third-order valence-corrected chi connectivity index (χ3v) is 5.24. The van der Waals surface area contributed by atoms with Crippen LogP contribution in [0.15, 0.2) is 66.7 Å². The summed E-state index contributed by atoms with van der Waals surface area (Å²) in [5.41, 5.74) is 4.21. The Morgan fingerprint density at radius 3 is 2.38 bits per heavy atom. The molecule has 0 aliphatic carbocycles. The van der Waals surface area contributed by atoms with Crippen LogP contribution in [0.25, 0.3) is 17.1 Å². The van der Waals surface area contributed by atoms with Crippen molar-refractivity contribution in [2.75, 3.05) is 11.9 Å². The minimum absolute atomic E-state index is 0.0662. The molecule has 162 valence electrons. The van der Waals surface area contributed by atoms with Crippen LogP contribution in [0, 0.1) is 13.8 Å². The van der Waals surface area contributed by atoms with E-state index in [9.17, 15) is 4.79 Å². The number of amides is 1. The average molecular weight is 447 g/mol. The predicted octanol–water partition coefficient (Wildman–Crippen LogP) is 5.86. The zero-order valence-corrected chi connectivity index (χ0v) is 18.8. The number of benzene rings is 3. The molecule has 7 heteroatoms. The van der Waals surface area contributed by atoms with Crippen LogP contribution in [-0.4, -0.2) is 27.3 Å². The number of para-hydroxylation sites is 1. The van der Waals surface area contributed by atoms with Crippen molar-refractivity contribution in [3.8, 4) is 22.8 Å². The Morgan fingerprint density at radius 1 is 1.03 bits per heavy atom. The molecule has 0 saturated carbocycles. The van der Waals surface area contributed by atoms with Gasteiger partial charge in [-0.3, -0.25) is 4.79 Å². The molecule has 0 aliphatic rings. The summed E-state index contributed by atoms with van der Waals surface area (Å²) in [6.07, 6.45) is 0. The van der Waals surface area contributed by atoms with Crippen LogP contribution in [0.4, 0.5) is 5.69 Å². The lowest BCUT2D eigenvalue weighted by molar-refractivity contribution is 0.101. The highest BCUT2D eigenvalue weighted by atomic mass is 35.5. The predicted molar refractivity (Wildman–Crippen MR) is 127 cm³/mol. The fourth-order valence-electron chi connectivity index (χ4n) is 3.43. The van der Waals surface area contributed by atoms with E-state index in [1.807, 2.05) is 75.4 Å². The first kappa shape index (κ1) is 21.6. The summed E-state index contributed by atoms with van der Waals surface area (Å²) in [5, 5.41) is 8.05. The van der Waals surface area contributed by atoms with E-state index in [0.717, 1.165) is 33.8 Å². The number of carbonyl (C=O) groups is 1. The van der Waals surface area contributed by atoms with Gasteiger partial charge in [0.2, 0.25) is 5.82 Å². The second-order valence-corrected chi connectivity index (χ2v) is 7.77. The summed E-state index contributed by atoms with van der Waals surface area (Å²) >= 11 is 6.21. The van der Waals surface area contributed by atoms with Crippen molar-refractivity contribution in [2.24, 2.45) is 0 Å². The van der Waals surface area contributed by atoms with Gasteiger partial charge >= 0.3 is 0 Å². The van der Waals surface area contributed by atoms with E-state index >= 15 is 0 Å². The Hall–Kier alpha value is -3.64. The Morgan fingerprint density at radius 2 is 1.72 bits per heavy atom. The molecule has 0 spiro atoms. The maximum Gasteiger partial charge on any atom is 0.295 e. The molecule has 1 amide bonds. The van der Waals surface area contributed by atoms with Gasteiger partial charge in [0.05, 0.1) is 12.3 Å². The molecule has 0 radical (unpaired) electrons. The summed E-state index contributed by atoms with van der Waals surface area (Å²) in [6, 6.07) is 20.6. The van der Waals surface area contributed by atoms with Gasteiger partial charge < -0.3 is 10.1 Å². The molecule has 1 N–H and O–H groups in total. The normalized spacial score (nSPS) is 10.8. The molecule has 1 aromatic heterocycles. The maximum atomic E-state index is 13.1. The van der Waals surface area contributed by atoms with Crippen LogP contribution in [0.2, 0.25) is 5.02 Å². The summed E-state index contributed by atoms with van der Waals surface area (Å²) in [6.45, 7) is 6.42. The molecular formula is C25H23ClN4O2. The molecule has 4 aromatic rings. The van der Waals surface area contributed by atoms with Crippen molar-refractivity contribution >= 4 is 23.2 Å². The number of nitrogens with zero attached hydrogens (tertiary/aromatic N) is 3. The zero-order chi connectivity index (χ0) is 22.7. The van der Waals surface area contributed by atoms with E-state index in [4.69, 9.17) is 16.3 Å². The fourth-order valence-corrected chi connectivity index (χ4v) is 3.62. The number of aryl methyl sites for hydroxylation is 2. The van der Waals surface area contributed by atoms with Crippen LogP contribution in [0.5, 0.6) is 5.75 Å². The van der Waals surface area contributed by atoms with Crippen LogP contribution >= 0.6 is 11.6 Å². The van der Waals surface area contributed by atoms with Crippen molar-refractivity contribution in [3.05, 3.63) is 88.7 Å². The van der Waals surface area contributed by atoms with Gasteiger partial charge in [0.1, 0.15) is 5.75 Å². The van der Waals surface area contributed by atoms with E-state index in [1.54, 1.807) is 16.8 Å². The van der Waals surface area contributed by atoms with Gasteiger partial charge in [0, 0.05) is 16.3 Å². The summed E-state index contributed by atoms with van der Waals surface area (Å²) in [7, 11) is 0. The van der Waals surface area contributed by atoms with Crippen LogP contribution in [-0.2, 0) is 0 Å². The number of hydrogen-bond acceptors (Lipinski definition) is 4. The minimum Gasteiger partial charge on any atom is -0.494 e. The van der Waals surface area contributed by atoms with Crippen molar-refractivity contribution in [1.82, 2.24) is 14.8 Å². The topological polar surface area (TPSA) is 69.0 Å². The summed E-state index contributed by atoms with van der Waals surface area (Å²) in [4.78, 5) is 17.6. The first-order valence-corrected chi connectivity index (χ1v) is 10.7. The number of nitrogens with one attached hydrogen (secondary N) is 1. The van der Waals surface area contributed by atoms with Crippen molar-refractivity contribution in [1.29, 1.82) is 0 Å². The SMILES string of the molecule is CCOc1ccc(-n2nc(C(=O)Nc3c(C)cccc3C)nc2-c2cccc(Cl)c2)cc1. The number of ether oxygens (including phenoxy) is 1. The van der Waals surface area contributed by atoms with E-state index in [2.05, 4.69) is 15.4 Å². The Labute approximate surface area is 191 Å².